The van der Waals surface area contributed by atoms with E-state index in [2.05, 4.69) is 15.4 Å². The Hall–Kier alpha value is -3.30. The van der Waals surface area contributed by atoms with Crippen molar-refractivity contribution < 1.29 is 33.8 Å². The van der Waals surface area contributed by atoms with E-state index in [1.54, 1.807) is 59.7 Å². The van der Waals surface area contributed by atoms with E-state index < -0.39 is 48.1 Å². The number of aryl methyl sites for hydroxylation is 1. The number of carbonyl (C=O) groups excluding carboxylic acids is 4. The molecule has 2 rings (SSSR count). The van der Waals surface area contributed by atoms with Gasteiger partial charge in [0.1, 0.15) is 30.0 Å². The topological polar surface area (TPSA) is 134 Å². The summed E-state index contributed by atoms with van der Waals surface area (Å²) in [4.78, 5) is 53.2. The number of nitrogens with zero attached hydrogens (tertiary/aromatic N) is 1. The van der Waals surface area contributed by atoms with Crippen LogP contribution in [0.25, 0.3) is 0 Å². The number of carbonyl (C=O) groups is 4. The van der Waals surface area contributed by atoms with Gasteiger partial charge < -0.3 is 30.1 Å². The lowest BCUT2D eigenvalue weighted by atomic mass is 9.87. The molecule has 0 spiro atoms. The Morgan fingerprint density at radius 1 is 1.17 bits per heavy atom. The lowest BCUT2D eigenvalue weighted by Crippen LogP contribution is -2.59. The Labute approximate surface area is 212 Å². The van der Waals surface area contributed by atoms with Crippen molar-refractivity contribution in [3.8, 4) is 5.75 Å². The molecule has 0 radical (unpaired) electrons. The zero-order chi connectivity index (χ0) is 27.2. The smallest absolute Gasteiger partial charge is 0.408 e. The quantitative estimate of drug-likeness (QED) is 0.439. The van der Waals surface area contributed by atoms with Gasteiger partial charge in [0.25, 0.3) is 0 Å². The molecule has 1 aliphatic rings. The summed E-state index contributed by atoms with van der Waals surface area (Å²) in [5.41, 5.74) is 0.00960. The minimum atomic E-state index is -1.23. The number of methoxy groups -OCH3 is 1. The van der Waals surface area contributed by atoms with Crippen molar-refractivity contribution in [2.75, 3.05) is 13.7 Å². The van der Waals surface area contributed by atoms with Crippen LogP contribution in [0.5, 0.6) is 5.75 Å². The fraction of sp³-hybridized carbons (Fsp3) is 0.615. The van der Waals surface area contributed by atoms with E-state index in [1.807, 2.05) is 0 Å². The van der Waals surface area contributed by atoms with Crippen molar-refractivity contribution >= 4 is 23.9 Å². The van der Waals surface area contributed by atoms with E-state index >= 15 is 0 Å². The zero-order valence-electron chi connectivity index (χ0n) is 22.2. The van der Waals surface area contributed by atoms with Crippen LogP contribution in [-0.2, 0) is 23.9 Å². The molecule has 0 saturated heterocycles. The maximum atomic E-state index is 14.0. The van der Waals surface area contributed by atoms with E-state index in [4.69, 9.17) is 4.74 Å². The average Bonchev–Trinajstić information content (AvgIpc) is 2.74. The number of benzene rings is 1. The van der Waals surface area contributed by atoms with Crippen molar-refractivity contribution in [2.24, 2.45) is 5.92 Å². The lowest BCUT2D eigenvalue weighted by Gasteiger charge is -2.44. The van der Waals surface area contributed by atoms with Gasteiger partial charge in [-0.1, -0.05) is 32.0 Å². The third-order valence-corrected chi connectivity index (χ3v) is 6.05. The van der Waals surface area contributed by atoms with Gasteiger partial charge in [0, 0.05) is 11.6 Å². The number of alkyl carbamates (subject to hydrolysis) is 1. The van der Waals surface area contributed by atoms with E-state index in [9.17, 15) is 24.3 Å². The van der Waals surface area contributed by atoms with Crippen molar-refractivity contribution in [3.63, 3.8) is 0 Å². The average molecular weight is 506 g/mol. The third kappa shape index (κ3) is 7.35. The first-order valence-electron chi connectivity index (χ1n) is 12.2. The van der Waals surface area contributed by atoms with Crippen molar-refractivity contribution in [2.45, 2.75) is 84.5 Å². The molecule has 1 aliphatic carbocycles. The number of ether oxygens (including phenoxy) is 2. The summed E-state index contributed by atoms with van der Waals surface area (Å²) in [7, 11) is 1.21. The van der Waals surface area contributed by atoms with Crippen LogP contribution in [0.2, 0.25) is 0 Å². The standard InChI is InChI=1S/C26H39N3O7/c1-15(2)20(28-25(34)36-26(4,5)6)24(33)29(17-11-9-12-17)21(23(32)27-14-19(30)35-7)18-13-8-10-16(3)22(18)31/h8,10,13,15,17,20-21,31H,9,11-12,14H2,1-7H3,(H,27,32)(H,28,34). The van der Waals surface area contributed by atoms with Crippen LogP contribution in [0.3, 0.4) is 0 Å². The molecule has 3 N–H and O–H groups in total. The normalized spacial score (nSPS) is 15.3. The first-order chi connectivity index (χ1) is 16.8. The van der Waals surface area contributed by atoms with Gasteiger partial charge in [0.15, 0.2) is 0 Å². The zero-order valence-corrected chi connectivity index (χ0v) is 22.2. The Balaban J connectivity index is 2.52. The van der Waals surface area contributed by atoms with Crippen molar-refractivity contribution in [1.29, 1.82) is 0 Å². The van der Waals surface area contributed by atoms with E-state index in [-0.39, 0.29) is 23.3 Å². The van der Waals surface area contributed by atoms with Gasteiger partial charge in [0.2, 0.25) is 11.8 Å². The van der Waals surface area contributed by atoms with Gasteiger partial charge in [-0.05, 0) is 58.4 Å². The lowest BCUT2D eigenvalue weighted by molar-refractivity contribution is -0.149. The summed E-state index contributed by atoms with van der Waals surface area (Å²) in [5.74, 6) is -2.20. The largest absolute Gasteiger partial charge is 0.507 e. The van der Waals surface area contributed by atoms with Crippen molar-refractivity contribution in [1.82, 2.24) is 15.5 Å². The molecule has 1 aromatic carbocycles. The molecule has 1 aromatic rings. The molecule has 0 aromatic heterocycles. The molecule has 0 bridgehead atoms. The number of hydrogen-bond donors (Lipinski definition) is 3. The molecule has 200 valence electrons. The molecule has 3 amide bonds. The first-order valence-corrected chi connectivity index (χ1v) is 12.2. The monoisotopic (exact) mass is 505 g/mol. The fourth-order valence-corrected chi connectivity index (χ4v) is 3.94. The van der Waals surface area contributed by atoms with E-state index in [1.165, 1.54) is 12.0 Å². The molecule has 1 saturated carbocycles. The number of hydrogen-bond acceptors (Lipinski definition) is 7. The highest BCUT2D eigenvalue weighted by atomic mass is 16.6. The minimum absolute atomic E-state index is 0.117. The van der Waals surface area contributed by atoms with Gasteiger partial charge in [-0.2, -0.15) is 0 Å². The van der Waals surface area contributed by atoms with Crippen LogP contribution in [0.15, 0.2) is 18.2 Å². The Morgan fingerprint density at radius 2 is 1.81 bits per heavy atom. The summed E-state index contributed by atoms with van der Waals surface area (Å²) in [6.45, 7) is 10.0. The molecular weight excluding hydrogens is 466 g/mol. The van der Waals surface area contributed by atoms with Gasteiger partial charge >= 0.3 is 12.1 Å². The number of rotatable bonds is 9. The minimum Gasteiger partial charge on any atom is -0.507 e. The molecule has 2 unspecified atom stereocenters. The predicted molar refractivity (Wildman–Crippen MR) is 133 cm³/mol. The second kappa shape index (κ2) is 12.1. The van der Waals surface area contributed by atoms with Gasteiger partial charge in [-0.3, -0.25) is 14.4 Å². The van der Waals surface area contributed by atoms with Gasteiger partial charge in [0.05, 0.1) is 7.11 Å². The van der Waals surface area contributed by atoms with Crippen LogP contribution in [0.4, 0.5) is 4.79 Å². The van der Waals surface area contributed by atoms with Crippen LogP contribution in [0, 0.1) is 12.8 Å². The number of esters is 1. The summed E-state index contributed by atoms with van der Waals surface area (Å²) in [6.07, 6.45) is 1.46. The van der Waals surface area contributed by atoms with E-state index in [0.29, 0.717) is 18.4 Å². The Morgan fingerprint density at radius 3 is 2.31 bits per heavy atom. The summed E-state index contributed by atoms with van der Waals surface area (Å²) >= 11 is 0. The summed E-state index contributed by atoms with van der Waals surface area (Å²) in [6, 6.07) is 2.46. The Kier molecular flexibility index (Phi) is 9.72. The molecule has 2 atom stereocenters. The highest BCUT2D eigenvalue weighted by molar-refractivity contribution is 5.94. The van der Waals surface area contributed by atoms with Gasteiger partial charge in [-0.25, -0.2) is 4.79 Å². The molecule has 10 nitrogen and oxygen atoms in total. The van der Waals surface area contributed by atoms with Crippen LogP contribution in [0.1, 0.15) is 71.0 Å². The number of phenolic OH excluding ortho intramolecular Hbond substituents is 1. The molecular formula is C26H39N3O7. The molecule has 1 fully saturated rings. The highest BCUT2D eigenvalue weighted by Crippen LogP contribution is 2.38. The van der Waals surface area contributed by atoms with Crippen LogP contribution in [-0.4, -0.2) is 65.2 Å². The number of phenols is 1. The second-order valence-electron chi connectivity index (χ2n) is 10.4. The highest BCUT2D eigenvalue weighted by Gasteiger charge is 2.43. The Bertz CT molecular complexity index is 967. The molecule has 10 heteroatoms. The number of para-hydroxylation sites is 1. The fourth-order valence-electron chi connectivity index (χ4n) is 3.94. The first kappa shape index (κ1) is 28.9. The van der Waals surface area contributed by atoms with Gasteiger partial charge in [-0.15, -0.1) is 0 Å². The second-order valence-corrected chi connectivity index (χ2v) is 10.4. The summed E-state index contributed by atoms with van der Waals surface area (Å²) in [5, 5.41) is 16.1. The molecule has 36 heavy (non-hydrogen) atoms. The van der Waals surface area contributed by atoms with Crippen LogP contribution >= 0.6 is 0 Å². The maximum absolute atomic E-state index is 14.0. The van der Waals surface area contributed by atoms with Crippen molar-refractivity contribution in [3.05, 3.63) is 29.3 Å². The SMILES string of the molecule is COC(=O)CNC(=O)C(c1cccc(C)c1O)N(C(=O)C(NC(=O)OC(C)(C)C)C(C)C)C1CCC1. The maximum Gasteiger partial charge on any atom is 0.408 e. The molecule has 0 aliphatic heterocycles. The number of nitrogens with one attached hydrogen (secondary N) is 2. The van der Waals surface area contributed by atoms with Crippen LogP contribution < -0.4 is 10.6 Å². The summed E-state index contributed by atoms with van der Waals surface area (Å²) < 4.78 is 9.99. The number of amides is 3. The van der Waals surface area contributed by atoms with E-state index in [0.717, 1.165) is 6.42 Å². The molecule has 0 heterocycles. The number of aromatic hydroxyl groups is 1. The predicted octanol–water partition coefficient (Wildman–Crippen LogP) is 2.96. The third-order valence-electron chi connectivity index (χ3n) is 6.05.